The Labute approximate surface area is 159 Å². The third-order valence-electron chi connectivity index (χ3n) is 7.25. The topological polar surface area (TPSA) is 60.4 Å². The summed E-state index contributed by atoms with van der Waals surface area (Å²) in [6, 6.07) is 4.44. The first-order valence-corrected chi connectivity index (χ1v) is 9.58. The predicted octanol–water partition coefficient (Wildman–Crippen LogP) is 1.63. The molecule has 6 nitrogen and oxygen atoms in total. The Hall–Kier alpha value is -1.60. The number of nitrogens with zero attached hydrogens (tertiary/aromatic N) is 1. The number of rotatable bonds is 4. The molecule has 1 fully saturated rings. The fraction of sp³-hybridized carbons (Fsp3) is 0.619. The molecule has 27 heavy (non-hydrogen) atoms. The number of benzene rings is 1. The van der Waals surface area contributed by atoms with Crippen LogP contribution < -0.4 is 9.47 Å². The van der Waals surface area contributed by atoms with Gasteiger partial charge in [0.15, 0.2) is 11.5 Å². The molecule has 4 aliphatic rings. The summed E-state index contributed by atoms with van der Waals surface area (Å²) in [6.07, 6.45) is 2.71. The highest BCUT2D eigenvalue weighted by atomic mass is 16.7. The van der Waals surface area contributed by atoms with Crippen LogP contribution >= 0.6 is 0 Å². The molecule has 2 aliphatic heterocycles. The van der Waals surface area contributed by atoms with Crippen LogP contribution in [0.5, 0.6) is 11.5 Å². The number of hydrogen-bond acceptors (Lipinski definition) is 6. The van der Waals surface area contributed by atoms with E-state index in [0.29, 0.717) is 0 Å². The quantitative estimate of drug-likeness (QED) is 0.640. The van der Waals surface area contributed by atoms with Crippen LogP contribution in [-0.4, -0.2) is 68.5 Å². The number of likely N-dealkylation sites (N-methyl/N-ethyl adjacent to an activating group) is 1. The van der Waals surface area contributed by atoms with Crippen LogP contribution in [0, 0.1) is 0 Å². The molecule has 5 rings (SSSR count). The van der Waals surface area contributed by atoms with Crippen LogP contribution in [0.1, 0.15) is 24.5 Å². The third-order valence-corrected chi connectivity index (χ3v) is 7.25. The summed E-state index contributed by atoms with van der Waals surface area (Å²) in [4.78, 5) is 2.41. The molecule has 6 heteroatoms. The number of hydrogen-bond donors (Lipinski definition) is 1. The van der Waals surface area contributed by atoms with Gasteiger partial charge in [0.05, 0.1) is 12.5 Å². The van der Waals surface area contributed by atoms with Crippen molar-refractivity contribution in [2.24, 2.45) is 0 Å². The smallest absolute Gasteiger partial charge is 0.166 e. The summed E-state index contributed by atoms with van der Waals surface area (Å²) < 4.78 is 23.1. The molecule has 2 bridgehead atoms. The summed E-state index contributed by atoms with van der Waals surface area (Å²) in [5.41, 5.74) is 2.68. The zero-order chi connectivity index (χ0) is 19.0. The number of ether oxygens (including phenoxy) is 4. The van der Waals surface area contributed by atoms with Gasteiger partial charge in [-0.3, -0.25) is 4.90 Å². The Bertz CT molecular complexity index is 823. The largest absolute Gasteiger partial charge is 0.493 e. The second kappa shape index (κ2) is 5.70. The van der Waals surface area contributed by atoms with Crippen molar-refractivity contribution < 1.29 is 24.1 Å². The van der Waals surface area contributed by atoms with Gasteiger partial charge in [-0.15, -0.1) is 0 Å². The zero-order valence-corrected chi connectivity index (χ0v) is 16.3. The van der Waals surface area contributed by atoms with Gasteiger partial charge in [0.1, 0.15) is 24.6 Å². The van der Waals surface area contributed by atoms with Crippen molar-refractivity contribution in [3.63, 3.8) is 0 Å². The molecule has 1 aromatic rings. The number of piperidine rings is 1. The molecule has 146 valence electrons. The van der Waals surface area contributed by atoms with Crippen molar-refractivity contribution in [3.8, 4) is 11.5 Å². The minimum atomic E-state index is -0.804. The van der Waals surface area contributed by atoms with Gasteiger partial charge in [0.2, 0.25) is 0 Å². The van der Waals surface area contributed by atoms with Gasteiger partial charge in [0.25, 0.3) is 0 Å². The van der Waals surface area contributed by atoms with E-state index in [9.17, 15) is 5.11 Å². The molecule has 0 saturated carbocycles. The second-order valence-corrected chi connectivity index (χ2v) is 8.30. The summed E-state index contributed by atoms with van der Waals surface area (Å²) in [5.74, 6) is 1.52. The van der Waals surface area contributed by atoms with Crippen molar-refractivity contribution in [2.75, 3.05) is 34.6 Å². The first kappa shape index (κ1) is 17.5. The van der Waals surface area contributed by atoms with Gasteiger partial charge in [-0.1, -0.05) is 12.1 Å². The normalized spacial score (nSPS) is 38.9. The molecule has 5 unspecified atom stereocenters. The maximum absolute atomic E-state index is 11.4. The van der Waals surface area contributed by atoms with E-state index in [-0.39, 0.29) is 18.2 Å². The molecule has 0 aromatic heterocycles. The molecule has 1 spiro atoms. The first-order valence-electron chi connectivity index (χ1n) is 9.58. The van der Waals surface area contributed by atoms with Crippen molar-refractivity contribution in [2.45, 2.75) is 49.0 Å². The van der Waals surface area contributed by atoms with Crippen molar-refractivity contribution >= 4 is 0 Å². The lowest BCUT2D eigenvalue weighted by Crippen LogP contribution is -2.70. The van der Waals surface area contributed by atoms with E-state index >= 15 is 0 Å². The number of aliphatic hydroxyl groups is 1. The Morgan fingerprint density at radius 2 is 2.15 bits per heavy atom. The minimum Gasteiger partial charge on any atom is -0.493 e. The molecular weight excluding hydrogens is 346 g/mol. The van der Waals surface area contributed by atoms with Crippen LogP contribution in [0.4, 0.5) is 0 Å². The standard InChI is InChI=1S/C21H27NO5/c1-20-19(23)16(26-11-24-3)10-13-14-9-12-5-6-15(25-4)18(27-20)17(12)21(13,20)7-8-22(14)2/h5-6,10,14,16,19,23H,7-9,11H2,1-4H3. The van der Waals surface area contributed by atoms with Crippen molar-refractivity contribution in [1.82, 2.24) is 4.90 Å². The average molecular weight is 373 g/mol. The third kappa shape index (κ3) is 1.94. The van der Waals surface area contributed by atoms with Crippen molar-refractivity contribution in [1.29, 1.82) is 0 Å². The molecule has 1 N–H and O–H groups in total. The first-order chi connectivity index (χ1) is 13.0. The zero-order valence-electron chi connectivity index (χ0n) is 16.3. The molecule has 2 heterocycles. The maximum Gasteiger partial charge on any atom is 0.166 e. The summed E-state index contributed by atoms with van der Waals surface area (Å²) in [5, 5.41) is 11.4. The van der Waals surface area contributed by atoms with E-state index in [2.05, 4.69) is 24.1 Å². The Kier molecular flexibility index (Phi) is 3.70. The Balaban J connectivity index is 1.77. The fourth-order valence-corrected chi connectivity index (χ4v) is 5.93. The van der Waals surface area contributed by atoms with E-state index in [1.807, 2.05) is 13.0 Å². The minimum absolute atomic E-state index is 0.136. The van der Waals surface area contributed by atoms with E-state index in [0.717, 1.165) is 30.9 Å². The SMILES string of the molecule is COCOC1C=C2C3Cc4ccc(OC)c5c4C2(CCN3C)C(C)(O5)C1O. The van der Waals surface area contributed by atoms with Crippen LogP contribution in [0.15, 0.2) is 23.8 Å². The summed E-state index contributed by atoms with van der Waals surface area (Å²) in [6.45, 7) is 3.13. The number of aliphatic hydroxyl groups excluding tert-OH is 1. The monoisotopic (exact) mass is 373 g/mol. The molecule has 1 aromatic carbocycles. The maximum atomic E-state index is 11.4. The van der Waals surface area contributed by atoms with E-state index in [1.165, 1.54) is 16.7 Å². The fourth-order valence-electron chi connectivity index (χ4n) is 5.93. The number of methoxy groups -OCH3 is 2. The summed E-state index contributed by atoms with van der Waals surface area (Å²) >= 11 is 0. The molecular formula is C21H27NO5. The van der Waals surface area contributed by atoms with Crippen LogP contribution in [0.2, 0.25) is 0 Å². The predicted molar refractivity (Wildman–Crippen MR) is 99.3 cm³/mol. The molecule has 1 saturated heterocycles. The molecule has 5 atom stereocenters. The number of likely N-dealkylation sites (tertiary alicyclic amines) is 1. The summed E-state index contributed by atoms with van der Waals surface area (Å²) in [7, 11) is 5.44. The highest BCUT2D eigenvalue weighted by Gasteiger charge is 2.70. The van der Waals surface area contributed by atoms with Gasteiger partial charge >= 0.3 is 0 Å². The van der Waals surface area contributed by atoms with Gasteiger partial charge in [0, 0.05) is 18.7 Å². The van der Waals surface area contributed by atoms with Gasteiger partial charge in [-0.05, 0) is 50.6 Å². The van der Waals surface area contributed by atoms with E-state index in [1.54, 1.807) is 14.2 Å². The van der Waals surface area contributed by atoms with E-state index < -0.39 is 17.8 Å². The molecule has 0 amide bonds. The Morgan fingerprint density at radius 1 is 1.33 bits per heavy atom. The van der Waals surface area contributed by atoms with Gasteiger partial charge in [-0.2, -0.15) is 0 Å². The van der Waals surface area contributed by atoms with Gasteiger partial charge in [-0.25, -0.2) is 0 Å². The Morgan fingerprint density at radius 3 is 2.89 bits per heavy atom. The molecule has 0 radical (unpaired) electrons. The lowest BCUT2D eigenvalue weighted by molar-refractivity contribution is -0.165. The lowest BCUT2D eigenvalue weighted by Gasteiger charge is -2.59. The average Bonchev–Trinajstić information content (AvgIpc) is 2.94. The highest BCUT2D eigenvalue weighted by molar-refractivity contribution is 5.67. The van der Waals surface area contributed by atoms with E-state index in [4.69, 9.17) is 18.9 Å². The van der Waals surface area contributed by atoms with Crippen molar-refractivity contribution in [3.05, 3.63) is 34.9 Å². The van der Waals surface area contributed by atoms with Gasteiger partial charge < -0.3 is 24.1 Å². The highest BCUT2D eigenvalue weighted by Crippen LogP contribution is 2.66. The van der Waals surface area contributed by atoms with Crippen LogP contribution in [0.3, 0.4) is 0 Å². The second-order valence-electron chi connectivity index (χ2n) is 8.30. The molecule has 2 aliphatic carbocycles. The lowest BCUT2D eigenvalue weighted by atomic mass is 9.51. The van der Waals surface area contributed by atoms with Crippen LogP contribution in [0.25, 0.3) is 0 Å². The van der Waals surface area contributed by atoms with Crippen LogP contribution in [-0.2, 0) is 21.3 Å².